The van der Waals surface area contributed by atoms with Gasteiger partial charge in [-0.1, -0.05) is 48.5 Å². The summed E-state index contributed by atoms with van der Waals surface area (Å²) in [5.41, 5.74) is 4.22. The van der Waals surface area contributed by atoms with Gasteiger partial charge in [-0.05, 0) is 37.5 Å². The zero-order chi connectivity index (χ0) is 22.2. The summed E-state index contributed by atoms with van der Waals surface area (Å²) in [6.45, 7) is 11.4. The number of benzene rings is 2. The quantitative estimate of drug-likeness (QED) is 0.711. The Kier molecular flexibility index (Phi) is 8.20. The summed E-state index contributed by atoms with van der Waals surface area (Å²) in [7, 11) is 0. The van der Waals surface area contributed by atoms with E-state index in [4.69, 9.17) is 0 Å². The summed E-state index contributed by atoms with van der Waals surface area (Å²) in [4.78, 5) is 31.5. The third kappa shape index (κ3) is 6.64. The number of piperazine rings is 1. The molecule has 1 fully saturated rings. The number of carbonyl (C=O) groups excluding carboxylic acids is 2. The lowest BCUT2D eigenvalue weighted by Crippen LogP contribution is -2.51. The van der Waals surface area contributed by atoms with E-state index in [2.05, 4.69) is 27.2 Å². The minimum Gasteiger partial charge on any atom is -0.338 e. The number of nitrogens with zero attached hydrogens (tertiary/aromatic N) is 3. The highest BCUT2D eigenvalue weighted by Gasteiger charge is 2.22. The van der Waals surface area contributed by atoms with E-state index in [0.29, 0.717) is 26.2 Å². The zero-order valence-corrected chi connectivity index (χ0v) is 18.9. The molecule has 0 spiro atoms. The molecule has 1 N–H and O–H groups in total. The van der Waals surface area contributed by atoms with Gasteiger partial charge in [0.05, 0.1) is 13.1 Å². The third-order valence-corrected chi connectivity index (χ3v) is 5.89. The lowest BCUT2D eigenvalue weighted by Gasteiger charge is -2.35. The highest BCUT2D eigenvalue weighted by atomic mass is 16.2. The largest absolute Gasteiger partial charge is 0.338 e. The van der Waals surface area contributed by atoms with E-state index in [1.807, 2.05) is 62.1 Å². The summed E-state index contributed by atoms with van der Waals surface area (Å²) < 4.78 is 0. The molecule has 1 heterocycles. The van der Waals surface area contributed by atoms with Crippen molar-refractivity contribution in [3.8, 4) is 0 Å². The molecule has 1 saturated heterocycles. The summed E-state index contributed by atoms with van der Waals surface area (Å²) in [5, 5.41) is 3.06. The monoisotopic (exact) mass is 422 g/mol. The normalized spacial score (nSPS) is 14.9. The number of para-hydroxylation sites is 1. The predicted molar refractivity (Wildman–Crippen MR) is 125 cm³/mol. The Morgan fingerprint density at radius 2 is 1.45 bits per heavy atom. The molecule has 0 aliphatic carbocycles. The van der Waals surface area contributed by atoms with Crippen molar-refractivity contribution < 1.29 is 9.59 Å². The van der Waals surface area contributed by atoms with Gasteiger partial charge in [-0.25, -0.2) is 0 Å². The van der Waals surface area contributed by atoms with Gasteiger partial charge in [-0.15, -0.1) is 0 Å². The molecule has 6 nitrogen and oxygen atoms in total. The molecule has 31 heavy (non-hydrogen) atoms. The van der Waals surface area contributed by atoms with Crippen molar-refractivity contribution in [3.63, 3.8) is 0 Å². The SMILES string of the molecule is CCN(Cc1ccccc1)C(=O)CN1CCN(CC(=O)Nc2c(C)cccc2C)CC1. The fourth-order valence-electron chi connectivity index (χ4n) is 3.97. The number of likely N-dealkylation sites (N-methyl/N-ethyl adjacent to an activating group) is 1. The number of hydrogen-bond donors (Lipinski definition) is 1. The molecule has 6 heteroatoms. The lowest BCUT2D eigenvalue weighted by molar-refractivity contribution is -0.133. The second-order valence-electron chi connectivity index (χ2n) is 8.26. The van der Waals surface area contributed by atoms with Crippen molar-refractivity contribution in [2.24, 2.45) is 0 Å². The summed E-state index contributed by atoms with van der Waals surface area (Å²) in [6.07, 6.45) is 0. The van der Waals surface area contributed by atoms with E-state index in [1.165, 1.54) is 0 Å². The van der Waals surface area contributed by atoms with Gasteiger partial charge in [0.1, 0.15) is 0 Å². The molecule has 166 valence electrons. The van der Waals surface area contributed by atoms with Crippen molar-refractivity contribution in [1.82, 2.24) is 14.7 Å². The average molecular weight is 423 g/mol. The predicted octanol–water partition coefficient (Wildman–Crippen LogP) is 2.91. The molecule has 0 unspecified atom stereocenters. The molecule has 2 aromatic rings. The third-order valence-electron chi connectivity index (χ3n) is 5.89. The molecular formula is C25H34N4O2. The maximum absolute atomic E-state index is 12.8. The van der Waals surface area contributed by atoms with Gasteiger partial charge < -0.3 is 10.2 Å². The Hall–Kier alpha value is -2.70. The van der Waals surface area contributed by atoms with Crippen molar-refractivity contribution in [3.05, 3.63) is 65.2 Å². The first kappa shape index (κ1) is 23.0. The van der Waals surface area contributed by atoms with E-state index >= 15 is 0 Å². The Labute approximate surface area is 185 Å². The molecule has 2 aromatic carbocycles. The Morgan fingerprint density at radius 1 is 0.871 bits per heavy atom. The molecule has 1 aliphatic heterocycles. The second-order valence-corrected chi connectivity index (χ2v) is 8.26. The van der Waals surface area contributed by atoms with Crippen LogP contribution < -0.4 is 5.32 Å². The maximum Gasteiger partial charge on any atom is 0.238 e. The highest BCUT2D eigenvalue weighted by Crippen LogP contribution is 2.19. The fraction of sp³-hybridized carbons (Fsp3) is 0.440. The van der Waals surface area contributed by atoms with Crippen molar-refractivity contribution in [2.75, 3.05) is 51.1 Å². The summed E-state index contributed by atoms with van der Waals surface area (Å²) in [5.74, 6) is 0.175. The molecule has 1 aliphatic rings. The van der Waals surface area contributed by atoms with Gasteiger partial charge in [-0.2, -0.15) is 0 Å². The standard InChI is InChI=1S/C25H34N4O2/c1-4-29(17-22-11-6-5-7-12-22)24(31)19-28-15-13-27(14-16-28)18-23(30)26-25-20(2)9-8-10-21(25)3/h5-12H,4,13-19H2,1-3H3,(H,26,30). The number of anilines is 1. The summed E-state index contributed by atoms with van der Waals surface area (Å²) in [6, 6.07) is 16.1. The van der Waals surface area contributed by atoms with Crippen LogP contribution in [0, 0.1) is 13.8 Å². The number of hydrogen-bond acceptors (Lipinski definition) is 4. The second kappa shape index (κ2) is 11.1. The van der Waals surface area contributed by atoms with Crippen molar-refractivity contribution in [2.45, 2.75) is 27.3 Å². The average Bonchev–Trinajstić information content (AvgIpc) is 2.76. The Balaban J connectivity index is 1.43. The summed E-state index contributed by atoms with van der Waals surface area (Å²) >= 11 is 0. The van der Waals surface area contributed by atoms with Gasteiger partial charge in [0, 0.05) is 45.0 Å². The highest BCUT2D eigenvalue weighted by molar-refractivity contribution is 5.93. The first-order chi connectivity index (χ1) is 15.0. The number of nitrogens with one attached hydrogen (secondary N) is 1. The molecule has 0 atom stereocenters. The minimum atomic E-state index is 0.0157. The van der Waals surface area contributed by atoms with Crippen LogP contribution in [0.2, 0.25) is 0 Å². The van der Waals surface area contributed by atoms with Crippen LogP contribution >= 0.6 is 0 Å². The number of rotatable bonds is 8. The number of carbonyl (C=O) groups is 2. The molecule has 2 amide bonds. The van der Waals surface area contributed by atoms with Crippen molar-refractivity contribution >= 4 is 17.5 Å². The molecule has 0 aromatic heterocycles. The molecule has 0 bridgehead atoms. The van der Waals surface area contributed by atoms with Crippen LogP contribution in [-0.4, -0.2) is 72.3 Å². The topological polar surface area (TPSA) is 55.9 Å². The Bertz CT molecular complexity index is 856. The van der Waals surface area contributed by atoms with Crippen LogP contribution in [0.5, 0.6) is 0 Å². The first-order valence-electron chi connectivity index (χ1n) is 11.1. The Morgan fingerprint density at radius 3 is 2.03 bits per heavy atom. The maximum atomic E-state index is 12.8. The lowest BCUT2D eigenvalue weighted by atomic mass is 10.1. The van der Waals surface area contributed by atoms with Gasteiger partial charge in [0.15, 0.2) is 0 Å². The first-order valence-corrected chi connectivity index (χ1v) is 11.1. The molecule has 0 saturated carbocycles. The van der Waals surface area contributed by atoms with Crippen molar-refractivity contribution in [1.29, 1.82) is 0 Å². The minimum absolute atomic E-state index is 0.0157. The van der Waals surface area contributed by atoms with Crippen LogP contribution in [0.25, 0.3) is 0 Å². The van der Waals surface area contributed by atoms with E-state index in [9.17, 15) is 9.59 Å². The van der Waals surface area contributed by atoms with E-state index < -0.39 is 0 Å². The van der Waals surface area contributed by atoms with Gasteiger partial charge in [0.2, 0.25) is 11.8 Å². The zero-order valence-electron chi connectivity index (χ0n) is 18.9. The van der Waals surface area contributed by atoms with Crippen LogP contribution in [0.1, 0.15) is 23.6 Å². The molecule has 0 radical (unpaired) electrons. The molecular weight excluding hydrogens is 388 g/mol. The van der Waals surface area contributed by atoms with Gasteiger partial charge in [0.25, 0.3) is 0 Å². The van der Waals surface area contributed by atoms with Gasteiger partial charge >= 0.3 is 0 Å². The van der Waals surface area contributed by atoms with Crippen LogP contribution in [0.4, 0.5) is 5.69 Å². The fourth-order valence-corrected chi connectivity index (χ4v) is 3.97. The molecule has 3 rings (SSSR count). The number of aryl methyl sites for hydroxylation is 2. The van der Waals surface area contributed by atoms with Crippen LogP contribution in [-0.2, 0) is 16.1 Å². The van der Waals surface area contributed by atoms with E-state index in [-0.39, 0.29) is 11.8 Å². The van der Waals surface area contributed by atoms with Crippen LogP contribution in [0.3, 0.4) is 0 Å². The van der Waals surface area contributed by atoms with E-state index in [0.717, 1.165) is 48.6 Å². The van der Waals surface area contributed by atoms with Gasteiger partial charge in [-0.3, -0.25) is 19.4 Å². The van der Waals surface area contributed by atoms with E-state index in [1.54, 1.807) is 0 Å². The smallest absolute Gasteiger partial charge is 0.238 e. The van der Waals surface area contributed by atoms with Crippen LogP contribution in [0.15, 0.2) is 48.5 Å². The number of amides is 2.